The van der Waals surface area contributed by atoms with Gasteiger partial charge in [-0.2, -0.15) is 5.10 Å². The zero-order chi connectivity index (χ0) is 19.2. The van der Waals surface area contributed by atoms with E-state index < -0.39 is 6.29 Å². The number of H-pyrrole nitrogens is 1. The molecule has 142 valence electrons. The molecule has 0 unspecified atom stereocenters. The Balaban J connectivity index is 1.90. The van der Waals surface area contributed by atoms with Gasteiger partial charge in [-0.05, 0) is 55.7 Å². The zero-order valence-electron chi connectivity index (χ0n) is 15.3. The van der Waals surface area contributed by atoms with Gasteiger partial charge in [0.05, 0.1) is 30.4 Å². The van der Waals surface area contributed by atoms with Crippen molar-refractivity contribution in [2.75, 3.05) is 13.2 Å². The van der Waals surface area contributed by atoms with Gasteiger partial charge in [0, 0.05) is 5.56 Å². The SMILES string of the molecule is C/C(F)=C\C/C=C(\C=C\C1OCCO1)c1cc(-c2c(C)cccc2F)n[nH]1. The lowest BCUT2D eigenvalue weighted by Gasteiger charge is -2.04. The Morgan fingerprint density at radius 1 is 1.30 bits per heavy atom. The lowest BCUT2D eigenvalue weighted by Crippen LogP contribution is -2.02. The van der Waals surface area contributed by atoms with E-state index in [9.17, 15) is 8.78 Å². The number of nitrogens with zero attached hydrogens (tertiary/aromatic N) is 1. The number of hydrogen-bond donors (Lipinski definition) is 1. The summed E-state index contributed by atoms with van der Waals surface area (Å²) >= 11 is 0. The largest absolute Gasteiger partial charge is 0.347 e. The van der Waals surface area contributed by atoms with Gasteiger partial charge in [-0.15, -0.1) is 0 Å². The van der Waals surface area contributed by atoms with Gasteiger partial charge in [0.2, 0.25) is 0 Å². The Morgan fingerprint density at radius 3 is 2.78 bits per heavy atom. The maximum atomic E-state index is 14.2. The van der Waals surface area contributed by atoms with Crippen molar-refractivity contribution in [1.82, 2.24) is 10.2 Å². The molecule has 1 saturated heterocycles. The summed E-state index contributed by atoms with van der Waals surface area (Å²) in [4.78, 5) is 0. The lowest BCUT2D eigenvalue weighted by atomic mass is 10.0. The summed E-state index contributed by atoms with van der Waals surface area (Å²) in [6.07, 6.45) is 6.99. The molecule has 1 N–H and O–H groups in total. The molecule has 6 heteroatoms. The Hall–Kier alpha value is -2.57. The molecule has 2 aromatic rings. The molecule has 0 radical (unpaired) electrons. The molecule has 4 nitrogen and oxygen atoms in total. The second-order valence-corrected chi connectivity index (χ2v) is 6.25. The Labute approximate surface area is 157 Å². The fourth-order valence-corrected chi connectivity index (χ4v) is 2.84. The van der Waals surface area contributed by atoms with E-state index in [1.165, 1.54) is 19.1 Å². The average Bonchev–Trinajstić information content (AvgIpc) is 3.29. The predicted octanol–water partition coefficient (Wildman–Crippen LogP) is 5.10. The zero-order valence-corrected chi connectivity index (χ0v) is 15.3. The van der Waals surface area contributed by atoms with Gasteiger partial charge in [-0.1, -0.05) is 24.3 Å². The van der Waals surface area contributed by atoms with Crippen molar-refractivity contribution in [3.63, 3.8) is 0 Å². The highest BCUT2D eigenvalue weighted by Crippen LogP contribution is 2.27. The monoisotopic (exact) mass is 372 g/mol. The molecule has 0 saturated carbocycles. The van der Waals surface area contributed by atoms with E-state index in [-0.39, 0.29) is 11.6 Å². The third-order valence-electron chi connectivity index (χ3n) is 4.18. The Kier molecular flexibility index (Phi) is 6.32. The van der Waals surface area contributed by atoms with E-state index in [4.69, 9.17) is 9.47 Å². The van der Waals surface area contributed by atoms with Crippen LogP contribution >= 0.6 is 0 Å². The van der Waals surface area contributed by atoms with E-state index in [2.05, 4.69) is 10.2 Å². The quantitative estimate of drug-likeness (QED) is 0.718. The molecular formula is C21H22F2N2O2. The third-order valence-corrected chi connectivity index (χ3v) is 4.18. The van der Waals surface area contributed by atoms with Crippen LogP contribution in [0.2, 0.25) is 0 Å². The van der Waals surface area contributed by atoms with E-state index in [1.807, 2.05) is 25.1 Å². The van der Waals surface area contributed by atoms with Crippen LogP contribution in [0.3, 0.4) is 0 Å². The van der Waals surface area contributed by atoms with Gasteiger partial charge in [0.1, 0.15) is 5.82 Å². The minimum atomic E-state index is -0.400. The molecule has 0 amide bonds. The van der Waals surface area contributed by atoms with E-state index in [0.29, 0.717) is 36.6 Å². The maximum Gasteiger partial charge on any atom is 0.177 e. The van der Waals surface area contributed by atoms with Gasteiger partial charge in [0.25, 0.3) is 0 Å². The number of aromatic amines is 1. The van der Waals surface area contributed by atoms with Crippen LogP contribution in [-0.2, 0) is 9.47 Å². The second-order valence-electron chi connectivity index (χ2n) is 6.25. The molecular weight excluding hydrogens is 350 g/mol. The number of allylic oxidation sites excluding steroid dienone is 5. The first-order valence-electron chi connectivity index (χ1n) is 8.79. The van der Waals surface area contributed by atoms with Crippen molar-refractivity contribution in [3.05, 3.63) is 71.5 Å². The first-order chi connectivity index (χ1) is 13.0. The molecule has 0 aliphatic carbocycles. The minimum absolute atomic E-state index is 0.246. The van der Waals surface area contributed by atoms with Crippen molar-refractivity contribution in [2.45, 2.75) is 26.6 Å². The van der Waals surface area contributed by atoms with Gasteiger partial charge in [0.15, 0.2) is 6.29 Å². The summed E-state index contributed by atoms with van der Waals surface area (Å²) in [5.41, 5.74) is 3.28. The maximum absolute atomic E-state index is 14.2. The minimum Gasteiger partial charge on any atom is -0.347 e. The smallest absolute Gasteiger partial charge is 0.177 e. The van der Waals surface area contributed by atoms with Crippen LogP contribution in [-0.4, -0.2) is 29.7 Å². The van der Waals surface area contributed by atoms with Crippen molar-refractivity contribution >= 4 is 5.57 Å². The van der Waals surface area contributed by atoms with E-state index in [0.717, 1.165) is 11.1 Å². The summed E-state index contributed by atoms with van der Waals surface area (Å²) in [6.45, 7) is 4.35. The highest BCUT2D eigenvalue weighted by atomic mass is 19.1. The van der Waals surface area contributed by atoms with E-state index >= 15 is 0 Å². The first-order valence-corrected chi connectivity index (χ1v) is 8.79. The fraction of sp³-hybridized carbons (Fsp3) is 0.286. The molecule has 0 atom stereocenters. The Morgan fingerprint density at radius 2 is 2.07 bits per heavy atom. The van der Waals surface area contributed by atoms with E-state index in [1.54, 1.807) is 18.2 Å². The number of aryl methyl sites for hydroxylation is 1. The van der Waals surface area contributed by atoms with Gasteiger partial charge in [-0.25, -0.2) is 8.78 Å². The molecule has 2 heterocycles. The summed E-state index contributed by atoms with van der Waals surface area (Å²) in [7, 11) is 0. The number of benzene rings is 1. The van der Waals surface area contributed by atoms with Gasteiger partial charge >= 0.3 is 0 Å². The van der Waals surface area contributed by atoms with Crippen LogP contribution in [0, 0.1) is 12.7 Å². The number of nitrogens with one attached hydrogen (secondary N) is 1. The number of ether oxygens (including phenoxy) is 2. The molecule has 1 fully saturated rings. The summed E-state index contributed by atoms with van der Waals surface area (Å²) in [5.74, 6) is -0.567. The standard InChI is InChI=1S/C21H22F2N2O2/c1-14-5-3-8-17(23)21(14)19-13-18(24-25-19)16(7-4-6-15(2)22)9-10-20-26-11-12-27-20/h3,5-10,13,20H,4,11-12H2,1-2H3,(H,24,25)/b10-9+,15-6+,16-7+. The molecule has 3 rings (SSSR count). The molecule has 1 aromatic carbocycles. The van der Waals surface area contributed by atoms with Crippen molar-refractivity contribution < 1.29 is 18.3 Å². The normalized spacial score (nSPS) is 16.6. The van der Waals surface area contributed by atoms with Crippen molar-refractivity contribution in [1.29, 1.82) is 0 Å². The molecule has 0 bridgehead atoms. The van der Waals surface area contributed by atoms with Crippen LogP contribution in [0.4, 0.5) is 8.78 Å². The molecule has 1 aliphatic rings. The molecule has 27 heavy (non-hydrogen) atoms. The first kappa shape index (κ1) is 19.2. The second kappa shape index (κ2) is 8.88. The van der Waals surface area contributed by atoms with Crippen LogP contribution < -0.4 is 0 Å². The number of rotatable bonds is 6. The summed E-state index contributed by atoms with van der Waals surface area (Å²) in [6, 6.07) is 6.71. The molecule has 0 spiro atoms. The highest BCUT2D eigenvalue weighted by Gasteiger charge is 2.14. The van der Waals surface area contributed by atoms with Crippen molar-refractivity contribution in [3.8, 4) is 11.3 Å². The van der Waals surface area contributed by atoms with Crippen LogP contribution in [0.25, 0.3) is 16.8 Å². The predicted molar refractivity (Wildman–Crippen MR) is 101 cm³/mol. The van der Waals surface area contributed by atoms with Crippen LogP contribution in [0.5, 0.6) is 0 Å². The number of halogens is 2. The highest BCUT2D eigenvalue weighted by molar-refractivity contribution is 5.75. The molecule has 1 aliphatic heterocycles. The molecule has 1 aromatic heterocycles. The third kappa shape index (κ3) is 4.99. The van der Waals surface area contributed by atoms with Crippen LogP contribution in [0.1, 0.15) is 24.6 Å². The van der Waals surface area contributed by atoms with Gasteiger partial charge < -0.3 is 9.47 Å². The lowest BCUT2D eigenvalue weighted by molar-refractivity contribution is -0.00149. The van der Waals surface area contributed by atoms with Crippen LogP contribution in [0.15, 0.2) is 54.4 Å². The fourth-order valence-electron chi connectivity index (χ4n) is 2.84. The van der Waals surface area contributed by atoms with Gasteiger partial charge in [-0.3, -0.25) is 5.10 Å². The van der Waals surface area contributed by atoms with Crippen molar-refractivity contribution in [2.24, 2.45) is 0 Å². The number of hydrogen-bond acceptors (Lipinski definition) is 3. The number of aromatic nitrogens is 2. The summed E-state index contributed by atoms with van der Waals surface area (Å²) in [5, 5.41) is 7.20. The topological polar surface area (TPSA) is 47.1 Å². The summed E-state index contributed by atoms with van der Waals surface area (Å²) < 4.78 is 38.0. The Bertz CT molecular complexity index is 854. The average molecular weight is 372 g/mol.